The van der Waals surface area contributed by atoms with E-state index in [0.29, 0.717) is 35.8 Å². The first kappa shape index (κ1) is 22.4. The van der Waals surface area contributed by atoms with Crippen LogP contribution in [0.15, 0.2) is 24.3 Å². The van der Waals surface area contributed by atoms with E-state index < -0.39 is 0 Å². The summed E-state index contributed by atoms with van der Waals surface area (Å²) in [5.41, 5.74) is 1.29. The van der Waals surface area contributed by atoms with Crippen molar-refractivity contribution in [1.82, 2.24) is 14.7 Å². The SMILES string of the molecule is O=C(Nc1cccc(Cl)c1)N1CCC(=O)N(C(CO)CCN2CCC3(CC2)CC3)CC1. The maximum Gasteiger partial charge on any atom is 0.321 e. The van der Waals surface area contributed by atoms with Crippen molar-refractivity contribution in [3.63, 3.8) is 0 Å². The molecule has 0 aromatic heterocycles. The van der Waals surface area contributed by atoms with Crippen molar-refractivity contribution >= 4 is 29.2 Å². The molecule has 8 heteroatoms. The van der Waals surface area contributed by atoms with Crippen LogP contribution in [0, 0.1) is 5.41 Å². The number of hydrogen-bond acceptors (Lipinski definition) is 4. The first-order valence-electron chi connectivity index (χ1n) is 11.4. The van der Waals surface area contributed by atoms with Gasteiger partial charge < -0.3 is 25.1 Å². The van der Waals surface area contributed by atoms with Gasteiger partial charge in [0.1, 0.15) is 0 Å². The number of piperidine rings is 1. The third kappa shape index (κ3) is 5.70. The molecular weight excluding hydrogens is 416 g/mol. The summed E-state index contributed by atoms with van der Waals surface area (Å²) >= 11 is 5.99. The molecule has 2 saturated heterocycles. The number of hydrogen-bond donors (Lipinski definition) is 2. The van der Waals surface area contributed by atoms with Crippen LogP contribution in [-0.4, -0.2) is 83.7 Å². The summed E-state index contributed by atoms with van der Waals surface area (Å²) in [5.74, 6) is 0.00711. The molecule has 2 heterocycles. The molecule has 1 atom stereocenters. The minimum Gasteiger partial charge on any atom is -0.394 e. The van der Waals surface area contributed by atoms with E-state index in [2.05, 4.69) is 10.2 Å². The van der Waals surface area contributed by atoms with Gasteiger partial charge in [-0.15, -0.1) is 0 Å². The van der Waals surface area contributed by atoms with Crippen LogP contribution < -0.4 is 5.32 Å². The molecule has 1 spiro atoms. The van der Waals surface area contributed by atoms with Gasteiger partial charge in [-0.2, -0.15) is 0 Å². The second kappa shape index (κ2) is 9.76. The highest BCUT2D eigenvalue weighted by molar-refractivity contribution is 6.30. The fourth-order valence-corrected chi connectivity index (χ4v) is 4.99. The molecule has 1 saturated carbocycles. The zero-order chi connectivity index (χ0) is 21.8. The minimum atomic E-state index is -0.236. The molecule has 2 aliphatic heterocycles. The average Bonchev–Trinajstić information content (AvgIpc) is 3.54. The van der Waals surface area contributed by atoms with Crippen LogP contribution in [0.4, 0.5) is 10.5 Å². The van der Waals surface area contributed by atoms with Gasteiger partial charge in [0.05, 0.1) is 12.6 Å². The Hall–Kier alpha value is -1.83. The Labute approximate surface area is 189 Å². The molecular formula is C23H33ClN4O3. The quantitative estimate of drug-likeness (QED) is 0.701. The van der Waals surface area contributed by atoms with Gasteiger partial charge in [0.15, 0.2) is 0 Å². The molecule has 3 aliphatic rings. The number of urea groups is 1. The van der Waals surface area contributed by atoms with Crippen LogP contribution in [0.2, 0.25) is 5.02 Å². The van der Waals surface area contributed by atoms with Crippen molar-refractivity contribution in [1.29, 1.82) is 0 Å². The highest BCUT2D eigenvalue weighted by Gasteiger charge is 2.44. The van der Waals surface area contributed by atoms with Crippen molar-refractivity contribution in [2.24, 2.45) is 5.41 Å². The summed E-state index contributed by atoms with van der Waals surface area (Å²) in [6, 6.07) is 6.58. The molecule has 1 aromatic rings. The maximum atomic E-state index is 12.8. The lowest BCUT2D eigenvalue weighted by molar-refractivity contribution is -0.133. The highest BCUT2D eigenvalue weighted by atomic mass is 35.5. The lowest BCUT2D eigenvalue weighted by atomic mass is 9.93. The number of anilines is 1. The summed E-state index contributed by atoms with van der Waals surface area (Å²) in [5, 5.41) is 13.4. The molecule has 7 nitrogen and oxygen atoms in total. The molecule has 1 unspecified atom stereocenters. The first-order valence-corrected chi connectivity index (χ1v) is 11.8. The van der Waals surface area contributed by atoms with E-state index in [4.69, 9.17) is 11.6 Å². The van der Waals surface area contributed by atoms with Gasteiger partial charge in [0, 0.05) is 43.3 Å². The Kier molecular flexibility index (Phi) is 7.04. The Morgan fingerprint density at radius 3 is 2.58 bits per heavy atom. The van der Waals surface area contributed by atoms with E-state index >= 15 is 0 Å². The zero-order valence-corrected chi connectivity index (χ0v) is 18.8. The van der Waals surface area contributed by atoms with E-state index in [0.717, 1.165) is 26.1 Å². The predicted octanol–water partition coefficient (Wildman–Crippen LogP) is 3.03. The molecule has 4 rings (SSSR count). The number of amides is 3. The van der Waals surface area contributed by atoms with E-state index in [1.165, 1.54) is 25.7 Å². The van der Waals surface area contributed by atoms with Crippen LogP contribution in [0.25, 0.3) is 0 Å². The van der Waals surface area contributed by atoms with E-state index in [9.17, 15) is 14.7 Å². The van der Waals surface area contributed by atoms with Gasteiger partial charge in [-0.05, 0) is 68.8 Å². The van der Waals surface area contributed by atoms with Crippen LogP contribution in [0.1, 0.15) is 38.5 Å². The summed E-state index contributed by atoms with van der Waals surface area (Å²) in [4.78, 5) is 31.3. The third-order valence-electron chi connectivity index (χ3n) is 7.19. The first-order chi connectivity index (χ1) is 15.0. The van der Waals surface area contributed by atoms with Crippen LogP contribution in [0.5, 0.6) is 0 Å². The Morgan fingerprint density at radius 2 is 1.90 bits per heavy atom. The van der Waals surface area contributed by atoms with E-state index in [1.54, 1.807) is 34.1 Å². The fraction of sp³-hybridized carbons (Fsp3) is 0.652. The Bertz CT molecular complexity index is 791. The largest absolute Gasteiger partial charge is 0.394 e. The number of likely N-dealkylation sites (tertiary alicyclic amines) is 1. The number of aliphatic hydroxyl groups is 1. The van der Waals surface area contributed by atoms with Crippen LogP contribution in [0.3, 0.4) is 0 Å². The predicted molar refractivity (Wildman–Crippen MR) is 121 cm³/mol. The number of nitrogens with one attached hydrogen (secondary N) is 1. The summed E-state index contributed by atoms with van der Waals surface area (Å²) in [7, 11) is 0. The Balaban J connectivity index is 1.28. The molecule has 3 amide bonds. The van der Waals surface area contributed by atoms with Gasteiger partial charge in [-0.3, -0.25) is 4.79 Å². The number of rotatable bonds is 6. The second-order valence-corrected chi connectivity index (χ2v) is 9.67. The highest BCUT2D eigenvalue weighted by Crippen LogP contribution is 2.53. The fourth-order valence-electron chi connectivity index (χ4n) is 4.80. The smallest absolute Gasteiger partial charge is 0.321 e. The normalized spacial score (nSPS) is 22.3. The standard InChI is InChI=1S/C23H33ClN4O3/c24-18-2-1-3-19(16-18)25-22(31)27-11-5-21(30)28(15-14-27)20(17-29)4-10-26-12-8-23(6-7-23)9-13-26/h1-3,16,20,29H,4-15,17H2,(H,25,31). The minimum absolute atomic E-state index is 0.00711. The van der Waals surface area contributed by atoms with Crippen molar-refractivity contribution < 1.29 is 14.7 Å². The third-order valence-corrected chi connectivity index (χ3v) is 7.43. The number of carbonyl (C=O) groups is 2. The van der Waals surface area contributed by atoms with Crippen molar-refractivity contribution in [2.75, 3.05) is 51.2 Å². The Morgan fingerprint density at radius 1 is 1.13 bits per heavy atom. The van der Waals surface area contributed by atoms with Gasteiger partial charge in [-0.25, -0.2) is 4.79 Å². The number of carbonyl (C=O) groups excluding carboxylic acids is 2. The monoisotopic (exact) mass is 448 g/mol. The summed E-state index contributed by atoms with van der Waals surface area (Å²) in [6.07, 6.45) is 6.40. The van der Waals surface area contributed by atoms with Gasteiger partial charge in [0.25, 0.3) is 0 Å². The summed E-state index contributed by atoms with van der Waals surface area (Å²) in [6.45, 7) is 4.38. The molecule has 170 valence electrons. The van der Waals surface area contributed by atoms with Crippen LogP contribution >= 0.6 is 11.6 Å². The second-order valence-electron chi connectivity index (χ2n) is 9.23. The topological polar surface area (TPSA) is 76.1 Å². The number of benzene rings is 1. The molecule has 31 heavy (non-hydrogen) atoms. The molecule has 1 aliphatic carbocycles. The molecule has 2 N–H and O–H groups in total. The number of nitrogens with zero attached hydrogens (tertiary/aromatic N) is 3. The van der Waals surface area contributed by atoms with Gasteiger partial charge in [-0.1, -0.05) is 17.7 Å². The van der Waals surface area contributed by atoms with E-state index in [-0.39, 0.29) is 31.0 Å². The number of halogens is 1. The van der Waals surface area contributed by atoms with Gasteiger partial charge >= 0.3 is 6.03 Å². The van der Waals surface area contributed by atoms with Gasteiger partial charge in [0.2, 0.25) is 5.91 Å². The maximum absolute atomic E-state index is 12.8. The lowest BCUT2D eigenvalue weighted by Crippen LogP contribution is -2.46. The molecule has 0 bridgehead atoms. The zero-order valence-electron chi connectivity index (χ0n) is 18.1. The molecule has 3 fully saturated rings. The van der Waals surface area contributed by atoms with Crippen molar-refractivity contribution in [3.8, 4) is 0 Å². The molecule has 1 aromatic carbocycles. The summed E-state index contributed by atoms with van der Waals surface area (Å²) < 4.78 is 0. The number of aliphatic hydroxyl groups excluding tert-OH is 1. The molecule has 0 radical (unpaired) electrons. The lowest BCUT2D eigenvalue weighted by Gasteiger charge is -2.35. The van der Waals surface area contributed by atoms with Crippen molar-refractivity contribution in [2.45, 2.75) is 44.6 Å². The van der Waals surface area contributed by atoms with Crippen LogP contribution in [-0.2, 0) is 4.79 Å². The van der Waals surface area contributed by atoms with E-state index in [1.807, 2.05) is 0 Å². The average molecular weight is 449 g/mol. The van der Waals surface area contributed by atoms with Crippen molar-refractivity contribution in [3.05, 3.63) is 29.3 Å².